The lowest BCUT2D eigenvalue weighted by molar-refractivity contribution is 0.0686. The van der Waals surface area contributed by atoms with E-state index in [2.05, 4.69) is 12.1 Å². The van der Waals surface area contributed by atoms with E-state index >= 15 is 0 Å². The van der Waals surface area contributed by atoms with Crippen LogP contribution in [0.5, 0.6) is 0 Å². The van der Waals surface area contributed by atoms with Crippen LogP contribution in [0.4, 0.5) is 0 Å². The topological polar surface area (TPSA) is 91.7 Å². The van der Waals surface area contributed by atoms with Crippen molar-refractivity contribution in [3.05, 3.63) is 95.6 Å². The normalized spacial score (nSPS) is 11.2. The Kier molecular flexibility index (Phi) is 6.86. The lowest BCUT2D eigenvalue weighted by Gasteiger charge is -2.20. The third-order valence-electron chi connectivity index (χ3n) is 5.09. The van der Waals surface area contributed by atoms with E-state index < -0.39 is 19.1 Å². The second-order valence-electron chi connectivity index (χ2n) is 7.11. The summed E-state index contributed by atoms with van der Waals surface area (Å²) in [6.45, 7) is 0. The first-order valence-corrected chi connectivity index (χ1v) is 11.6. The van der Waals surface area contributed by atoms with E-state index in [-0.39, 0.29) is 11.1 Å². The molecular formula is C24H23O5P. The van der Waals surface area contributed by atoms with Gasteiger partial charge >= 0.3 is 11.9 Å². The number of aromatic carboxylic acids is 2. The van der Waals surface area contributed by atoms with Crippen LogP contribution >= 0.6 is 7.14 Å². The first-order chi connectivity index (χ1) is 14.4. The highest BCUT2D eigenvalue weighted by atomic mass is 31.2. The second-order valence-corrected chi connectivity index (χ2v) is 10.1. The molecule has 0 aliphatic rings. The minimum atomic E-state index is -3.03. The van der Waals surface area contributed by atoms with Crippen LogP contribution in [0.25, 0.3) is 0 Å². The molecule has 0 saturated heterocycles. The van der Waals surface area contributed by atoms with Crippen molar-refractivity contribution >= 4 is 29.7 Å². The molecule has 0 aliphatic heterocycles. The minimum absolute atomic E-state index is 0.135. The largest absolute Gasteiger partial charge is 0.478 e. The monoisotopic (exact) mass is 422 g/mol. The Bertz CT molecular complexity index is 996. The zero-order valence-electron chi connectivity index (χ0n) is 16.4. The molecule has 30 heavy (non-hydrogen) atoms. The van der Waals surface area contributed by atoms with Crippen LogP contribution in [0.15, 0.2) is 78.9 Å². The zero-order chi connectivity index (χ0) is 21.6. The van der Waals surface area contributed by atoms with Gasteiger partial charge in [0.1, 0.15) is 7.14 Å². The molecule has 0 bridgehead atoms. The van der Waals surface area contributed by atoms with Crippen LogP contribution in [-0.4, -0.2) is 28.3 Å². The number of hydrogen-bond donors (Lipinski definition) is 2. The average molecular weight is 422 g/mol. The highest BCUT2D eigenvalue weighted by molar-refractivity contribution is 7.78. The second kappa shape index (κ2) is 9.55. The minimum Gasteiger partial charge on any atom is -0.478 e. The maximum atomic E-state index is 14.1. The first-order valence-electron chi connectivity index (χ1n) is 9.71. The summed E-state index contributed by atoms with van der Waals surface area (Å²) in [6.07, 6.45) is 2.91. The van der Waals surface area contributed by atoms with Gasteiger partial charge in [-0.3, -0.25) is 0 Å². The molecule has 3 aromatic rings. The van der Waals surface area contributed by atoms with Crippen molar-refractivity contribution in [1.29, 1.82) is 0 Å². The number of carboxylic acid groups (broad SMARTS) is 2. The molecule has 0 atom stereocenters. The van der Waals surface area contributed by atoms with Gasteiger partial charge in [0.25, 0.3) is 0 Å². The fourth-order valence-corrected chi connectivity index (χ4v) is 6.15. The SMILES string of the molecule is O=C(O)c1ccc(P(=O)(CCCCc2ccccc2)c2ccc(C(=O)O)cc2)cc1. The van der Waals surface area contributed by atoms with Crippen molar-refractivity contribution in [2.45, 2.75) is 19.3 Å². The Morgan fingerprint density at radius 2 is 1.13 bits per heavy atom. The van der Waals surface area contributed by atoms with Crippen molar-refractivity contribution in [3.8, 4) is 0 Å². The van der Waals surface area contributed by atoms with Crippen LogP contribution in [0.1, 0.15) is 39.1 Å². The molecule has 154 valence electrons. The molecular weight excluding hydrogens is 399 g/mol. The van der Waals surface area contributed by atoms with Gasteiger partial charge in [-0.25, -0.2) is 9.59 Å². The highest BCUT2D eigenvalue weighted by Gasteiger charge is 2.27. The molecule has 0 saturated carbocycles. The molecule has 0 spiro atoms. The van der Waals surface area contributed by atoms with Gasteiger partial charge < -0.3 is 14.8 Å². The molecule has 3 rings (SSSR count). The summed E-state index contributed by atoms with van der Waals surface area (Å²) in [5, 5.41) is 19.4. The molecule has 0 unspecified atom stereocenters. The summed E-state index contributed by atoms with van der Waals surface area (Å²) in [5.41, 5.74) is 1.50. The van der Waals surface area contributed by atoms with Crippen molar-refractivity contribution in [2.75, 3.05) is 6.16 Å². The maximum Gasteiger partial charge on any atom is 0.335 e. The average Bonchev–Trinajstić information content (AvgIpc) is 2.77. The van der Waals surface area contributed by atoms with Crippen molar-refractivity contribution < 1.29 is 24.4 Å². The van der Waals surface area contributed by atoms with E-state index in [0.717, 1.165) is 19.3 Å². The number of aryl methyl sites for hydroxylation is 1. The molecule has 5 nitrogen and oxygen atoms in total. The molecule has 0 amide bonds. The Balaban J connectivity index is 1.84. The van der Waals surface area contributed by atoms with Crippen LogP contribution in [0, 0.1) is 0 Å². The molecule has 0 radical (unpaired) electrons. The Hall–Kier alpha value is -3.17. The molecule has 0 heterocycles. The molecule has 2 N–H and O–H groups in total. The first kappa shape index (κ1) is 21.5. The van der Waals surface area contributed by atoms with Gasteiger partial charge in [-0.05, 0) is 49.1 Å². The number of unbranched alkanes of at least 4 members (excludes halogenated alkanes) is 1. The highest BCUT2D eigenvalue weighted by Crippen LogP contribution is 2.44. The van der Waals surface area contributed by atoms with Gasteiger partial charge in [-0.1, -0.05) is 54.6 Å². The summed E-state index contributed by atoms with van der Waals surface area (Å²) in [7, 11) is -3.03. The van der Waals surface area contributed by atoms with Crippen molar-refractivity contribution in [1.82, 2.24) is 0 Å². The summed E-state index contributed by atoms with van der Waals surface area (Å²) in [6, 6.07) is 22.3. The summed E-state index contributed by atoms with van der Waals surface area (Å²) < 4.78 is 14.1. The number of carbonyl (C=O) groups is 2. The zero-order valence-corrected chi connectivity index (χ0v) is 17.3. The third kappa shape index (κ3) is 5.05. The molecule has 6 heteroatoms. The van der Waals surface area contributed by atoms with E-state index in [0.29, 0.717) is 16.8 Å². The third-order valence-corrected chi connectivity index (χ3v) is 8.30. The Labute approximate surface area is 175 Å². The fraction of sp³-hybridized carbons (Fsp3) is 0.167. The number of hydrogen-bond acceptors (Lipinski definition) is 3. The van der Waals surface area contributed by atoms with Crippen molar-refractivity contribution in [2.24, 2.45) is 0 Å². The smallest absolute Gasteiger partial charge is 0.335 e. The van der Waals surface area contributed by atoms with Gasteiger partial charge in [0.15, 0.2) is 0 Å². The predicted octanol–water partition coefficient (Wildman–Crippen LogP) is 4.42. The number of carboxylic acids is 2. The van der Waals surface area contributed by atoms with Crippen molar-refractivity contribution in [3.63, 3.8) is 0 Å². The standard InChI is InChI=1S/C24H23O5P/c25-23(26)19-9-13-21(14-10-19)30(29,22-15-11-20(12-16-22)24(27)28)17-5-4-8-18-6-2-1-3-7-18/h1-3,6-7,9-16H,4-5,8,17H2,(H,25,26)(H,27,28). The molecule has 0 aliphatic carbocycles. The van der Waals surface area contributed by atoms with Crippen LogP contribution < -0.4 is 10.6 Å². The Morgan fingerprint density at radius 1 is 0.667 bits per heavy atom. The van der Waals surface area contributed by atoms with E-state index in [4.69, 9.17) is 10.2 Å². The van der Waals surface area contributed by atoms with E-state index in [1.807, 2.05) is 18.2 Å². The van der Waals surface area contributed by atoms with Crippen LogP contribution in [0.2, 0.25) is 0 Å². The molecule has 0 aromatic heterocycles. The lowest BCUT2D eigenvalue weighted by Crippen LogP contribution is -2.19. The predicted molar refractivity (Wildman–Crippen MR) is 118 cm³/mol. The van der Waals surface area contributed by atoms with Crippen LogP contribution in [0.3, 0.4) is 0 Å². The fourth-order valence-electron chi connectivity index (χ4n) is 3.41. The van der Waals surface area contributed by atoms with Gasteiger partial charge in [-0.2, -0.15) is 0 Å². The van der Waals surface area contributed by atoms with E-state index in [9.17, 15) is 14.2 Å². The van der Waals surface area contributed by atoms with E-state index in [1.165, 1.54) is 29.8 Å². The summed E-state index contributed by atoms with van der Waals surface area (Å²) in [5.74, 6) is -2.07. The Morgan fingerprint density at radius 3 is 1.57 bits per heavy atom. The van der Waals surface area contributed by atoms with Gasteiger partial charge in [0, 0.05) is 16.8 Å². The van der Waals surface area contributed by atoms with Gasteiger partial charge in [-0.15, -0.1) is 0 Å². The van der Waals surface area contributed by atoms with Gasteiger partial charge in [0.05, 0.1) is 11.1 Å². The lowest BCUT2D eigenvalue weighted by atomic mass is 10.1. The molecule has 0 fully saturated rings. The van der Waals surface area contributed by atoms with Crippen LogP contribution in [-0.2, 0) is 11.0 Å². The van der Waals surface area contributed by atoms with Gasteiger partial charge in [0.2, 0.25) is 0 Å². The van der Waals surface area contributed by atoms with E-state index in [1.54, 1.807) is 24.3 Å². The number of rotatable bonds is 9. The summed E-state index contributed by atoms with van der Waals surface area (Å²) >= 11 is 0. The molecule has 3 aromatic carbocycles. The number of benzene rings is 3. The quantitative estimate of drug-likeness (QED) is 0.393. The summed E-state index contributed by atoms with van der Waals surface area (Å²) in [4.78, 5) is 22.3. The maximum absolute atomic E-state index is 14.1.